The zero-order valence-corrected chi connectivity index (χ0v) is 25.7. The number of carboxylic acid groups (broad SMARTS) is 2. The average Bonchev–Trinajstić information content (AvgIpc) is 2.99. The van der Waals surface area contributed by atoms with Crippen LogP contribution in [-0.4, -0.2) is 76.5 Å². The molecule has 2 unspecified atom stereocenters. The van der Waals surface area contributed by atoms with Crippen LogP contribution in [-0.2, 0) is 30.4 Å². The van der Waals surface area contributed by atoms with Crippen molar-refractivity contribution in [3.05, 3.63) is 35.4 Å². The molecule has 3 amide bonds. The quantitative estimate of drug-likeness (QED) is 0.0673. The lowest BCUT2D eigenvalue weighted by molar-refractivity contribution is -0.192. The number of hydrogen-bond acceptors (Lipinski definition) is 7. The van der Waals surface area contributed by atoms with E-state index in [4.69, 9.17) is 37.9 Å². The summed E-state index contributed by atoms with van der Waals surface area (Å²) in [5.41, 5.74) is 17.7. The molecule has 1 fully saturated rings. The number of amidine groups is 1. The van der Waals surface area contributed by atoms with Gasteiger partial charge in [-0.25, -0.2) is 4.79 Å². The SMILES string of the molecule is N=C(N)NCCCC(NC(=O)C(CCC(=O)O)NC(=O)[C@@H](Cc1ccc(C(=N)N)cc1)C1CCCCC1)C(N)=O.O=C(O)C(F)(F)F. The van der Waals surface area contributed by atoms with Gasteiger partial charge in [0.1, 0.15) is 17.9 Å². The minimum Gasteiger partial charge on any atom is -0.481 e. The number of halogens is 3. The van der Waals surface area contributed by atoms with E-state index in [1.807, 2.05) is 12.1 Å². The Morgan fingerprint density at radius 2 is 1.43 bits per heavy atom. The van der Waals surface area contributed by atoms with Crippen LogP contribution in [0.25, 0.3) is 0 Å². The number of rotatable bonds is 16. The highest BCUT2D eigenvalue weighted by atomic mass is 19.4. The lowest BCUT2D eigenvalue weighted by atomic mass is 9.76. The highest BCUT2D eigenvalue weighted by molar-refractivity contribution is 5.95. The van der Waals surface area contributed by atoms with Crippen molar-refractivity contribution >= 4 is 41.5 Å². The molecule has 0 saturated heterocycles. The molecule has 2 rings (SSSR count). The smallest absolute Gasteiger partial charge is 0.481 e. The lowest BCUT2D eigenvalue weighted by Gasteiger charge is -2.31. The van der Waals surface area contributed by atoms with E-state index in [0.717, 1.165) is 37.7 Å². The largest absolute Gasteiger partial charge is 0.490 e. The first kappa shape index (κ1) is 40.1. The normalized spacial score (nSPS) is 15.0. The number of carboxylic acids is 2. The molecule has 262 valence electrons. The maximum Gasteiger partial charge on any atom is 0.490 e. The average molecular weight is 673 g/mol. The molecule has 18 heteroatoms. The summed E-state index contributed by atoms with van der Waals surface area (Å²) in [6.07, 6.45) is 0.193. The van der Waals surface area contributed by atoms with Crippen molar-refractivity contribution in [3.63, 3.8) is 0 Å². The molecule has 0 aromatic heterocycles. The van der Waals surface area contributed by atoms with Gasteiger partial charge in [-0.1, -0.05) is 43.5 Å². The van der Waals surface area contributed by atoms with Gasteiger partial charge in [-0.2, -0.15) is 13.2 Å². The first-order valence-electron chi connectivity index (χ1n) is 14.9. The van der Waals surface area contributed by atoms with Crippen molar-refractivity contribution in [1.82, 2.24) is 16.0 Å². The molecular formula is C29H43F3N8O7. The molecule has 0 radical (unpaired) electrons. The Morgan fingerprint density at radius 1 is 0.872 bits per heavy atom. The van der Waals surface area contributed by atoms with Crippen molar-refractivity contribution in [2.75, 3.05) is 6.54 Å². The fourth-order valence-electron chi connectivity index (χ4n) is 4.99. The molecule has 1 aliphatic carbocycles. The highest BCUT2D eigenvalue weighted by Gasteiger charge is 2.38. The molecule has 1 aliphatic rings. The van der Waals surface area contributed by atoms with Crippen molar-refractivity contribution in [3.8, 4) is 0 Å². The zero-order chi connectivity index (χ0) is 35.7. The molecule has 0 spiro atoms. The third-order valence-electron chi connectivity index (χ3n) is 7.44. The summed E-state index contributed by atoms with van der Waals surface area (Å²) < 4.78 is 31.7. The topological polar surface area (TPSA) is 288 Å². The maximum atomic E-state index is 13.7. The number of carbonyl (C=O) groups is 5. The Bertz CT molecular complexity index is 1260. The van der Waals surface area contributed by atoms with Crippen LogP contribution in [0.15, 0.2) is 24.3 Å². The number of nitrogens with two attached hydrogens (primary N) is 3. The zero-order valence-electron chi connectivity index (χ0n) is 25.7. The number of amides is 3. The predicted molar refractivity (Wildman–Crippen MR) is 164 cm³/mol. The van der Waals surface area contributed by atoms with E-state index in [0.29, 0.717) is 24.9 Å². The summed E-state index contributed by atoms with van der Waals surface area (Å²) in [4.78, 5) is 59.0. The van der Waals surface area contributed by atoms with Gasteiger partial charge in [-0.15, -0.1) is 0 Å². The standard InChI is InChI=1S/C27H42N8O5.C2HF3O2/c28-23(29)18-10-8-16(9-11-18)15-19(17-5-2-1-3-6-17)25(39)35-21(12-13-22(36)37)26(40)34-20(24(30)38)7-4-14-33-27(31)32;3-2(4,5)1(6)7/h8-11,17,19-21H,1-7,12-15H2,(H3,28,29)(H2,30,38)(H,34,40)(H,35,39)(H,36,37)(H4,31,32,33);(H,6,7)/t19-,20?,21?;/m0./s1. The number of benzene rings is 1. The van der Waals surface area contributed by atoms with Gasteiger partial charge in [0.2, 0.25) is 17.7 Å². The molecule has 13 N–H and O–H groups in total. The first-order valence-corrected chi connectivity index (χ1v) is 14.9. The molecular weight excluding hydrogens is 629 g/mol. The summed E-state index contributed by atoms with van der Waals surface area (Å²) >= 11 is 0. The van der Waals surface area contributed by atoms with E-state index in [9.17, 15) is 37.5 Å². The molecule has 47 heavy (non-hydrogen) atoms. The van der Waals surface area contributed by atoms with E-state index in [1.165, 1.54) is 0 Å². The third-order valence-corrected chi connectivity index (χ3v) is 7.44. The lowest BCUT2D eigenvalue weighted by Crippen LogP contribution is -2.54. The minimum atomic E-state index is -5.08. The second kappa shape index (κ2) is 19.6. The molecule has 15 nitrogen and oxygen atoms in total. The van der Waals surface area contributed by atoms with Crippen molar-refractivity contribution in [2.24, 2.45) is 29.0 Å². The van der Waals surface area contributed by atoms with Crippen molar-refractivity contribution in [2.45, 2.75) is 82.5 Å². The molecule has 1 aromatic carbocycles. The summed E-state index contributed by atoms with van der Waals surface area (Å²) in [6, 6.07) is 4.89. The number of guanidine groups is 1. The van der Waals surface area contributed by atoms with Gasteiger partial charge in [-0.3, -0.25) is 30.0 Å². The Hall–Kier alpha value is -4.90. The number of alkyl halides is 3. The Labute approximate surface area is 269 Å². The molecule has 1 aromatic rings. The second-order valence-electron chi connectivity index (χ2n) is 11.1. The Balaban J connectivity index is 0.00000141. The number of primary amides is 1. The number of nitrogens with one attached hydrogen (secondary N) is 5. The van der Waals surface area contributed by atoms with E-state index >= 15 is 0 Å². The number of aliphatic carboxylic acids is 2. The van der Waals surface area contributed by atoms with Crippen LogP contribution in [0.2, 0.25) is 0 Å². The van der Waals surface area contributed by atoms with Crippen LogP contribution in [0.5, 0.6) is 0 Å². The van der Waals surface area contributed by atoms with Gasteiger partial charge >= 0.3 is 18.1 Å². The monoisotopic (exact) mass is 672 g/mol. The van der Waals surface area contributed by atoms with Gasteiger partial charge in [0.15, 0.2) is 5.96 Å². The van der Waals surface area contributed by atoms with E-state index in [-0.39, 0.29) is 42.9 Å². The maximum absolute atomic E-state index is 13.7. The molecule has 3 atom stereocenters. The second-order valence-corrected chi connectivity index (χ2v) is 11.1. The fraction of sp³-hybridized carbons (Fsp3) is 0.552. The van der Waals surface area contributed by atoms with E-state index in [1.54, 1.807) is 12.1 Å². The van der Waals surface area contributed by atoms with Gasteiger partial charge in [0, 0.05) is 24.4 Å². The molecule has 0 heterocycles. The molecule has 0 aliphatic heterocycles. The van der Waals surface area contributed by atoms with E-state index in [2.05, 4.69) is 16.0 Å². The summed E-state index contributed by atoms with van der Waals surface area (Å²) in [5, 5.41) is 39.1. The van der Waals surface area contributed by atoms with Crippen LogP contribution >= 0.6 is 0 Å². The molecule has 1 saturated carbocycles. The first-order chi connectivity index (χ1) is 21.9. The number of hydrogen-bond donors (Lipinski definition) is 10. The predicted octanol–water partition coefficient (Wildman–Crippen LogP) is 0.926. The fourth-order valence-corrected chi connectivity index (χ4v) is 4.99. The van der Waals surface area contributed by atoms with Gasteiger partial charge in [0.25, 0.3) is 0 Å². The Morgan fingerprint density at radius 3 is 1.89 bits per heavy atom. The molecule has 0 bridgehead atoms. The third kappa shape index (κ3) is 15.8. The van der Waals surface area contributed by atoms with Crippen molar-refractivity contribution in [1.29, 1.82) is 10.8 Å². The van der Waals surface area contributed by atoms with E-state index < -0.39 is 47.9 Å². The number of nitrogen functional groups attached to an aromatic ring is 1. The Kier molecular flexibility index (Phi) is 16.7. The van der Waals surface area contributed by atoms with Gasteiger partial charge < -0.3 is 43.4 Å². The van der Waals surface area contributed by atoms with Crippen molar-refractivity contribution < 1.29 is 47.4 Å². The van der Waals surface area contributed by atoms with Crippen LogP contribution in [0, 0.1) is 22.7 Å². The minimum absolute atomic E-state index is 0.0511. The highest BCUT2D eigenvalue weighted by Crippen LogP contribution is 2.32. The summed E-state index contributed by atoms with van der Waals surface area (Å²) in [5.74, 6) is -6.32. The summed E-state index contributed by atoms with van der Waals surface area (Å²) in [7, 11) is 0. The van der Waals surface area contributed by atoms with Crippen LogP contribution in [0.3, 0.4) is 0 Å². The van der Waals surface area contributed by atoms with Gasteiger partial charge in [0.05, 0.1) is 0 Å². The number of carbonyl (C=O) groups excluding carboxylic acids is 3. The van der Waals surface area contributed by atoms with Crippen LogP contribution < -0.4 is 33.2 Å². The van der Waals surface area contributed by atoms with Crippen LogP contribution in [0.4, 0.5) is 13.2 Å². The van der Waals surface area contributed by atoms with Gasteiger partial charge in [-0.05, 0) is 50.0 Å². The van der Waals surface area contributed by atoms with Crippen LogP contribution in [0.1, 0.15) is 68.9 Å². The summed E-state index contributed by atoms with van der Waals surface area (Å²) in [6.45, 7) is 0.296.